The van der Waals surface area contributed by atoms with Gasteiger partial charge in [0.2, 0.25) is 5.95 Å². The van der Waals surface area contributed by atoms with E-state index < -0.39 is 0 Å². The third-order valence-corrected chi connectivity index (χ3v) is 6.83. The molecule has 1 fully saturated rings. The smallest absolute Gasteiger partial charge is 0.229 e. The van der Waals surface area contributed by atoms with Crippen molar-refractivity contribution in [3.63, 3.8) is 0 Å². The molecule has 1 atom stereocenters. The second-order valence-electron chi connectivity index (χ2n) is 8.64. The highest BCUT2D eigenvalue weighted by atomic mass is 35.5. The first kappa shape index (κ1) is 18.9. The molecule has 1 aliphatic heterocycles. The summed E-state index contributed by atoms with van der Waals surface area (Å²) in [7, 11) is 0. The number of aromatic nitrogens is 4. The van der Waals surface area contributed by atoms with Crippen molar-refractivity contribution in [3.8, 4) is 0 Å². The summed E-state index contributed by atoms with van der Waals surface area (Å²) in [5.74, 6) is 3.16. The molecular weight excluding hydrogens is 382 g/mol. The zero-order chi connectivity index (χ0) is 20.0. The van der Waals surface area contributed by atoms with Gasteiger partial charge >= 0.3 is 0 Å². The van der Waals surface area contributed by atoms with Gasteiger partial charge in [0.15, 0.2) is 0 Å². The monoisotopic (exact) mass is 409 g/mol. The van der Waals surface area contributed by atoms with E-state index in [0.29, 0.717) is 0 Å². The standard InChI is InChI=1S/C23H28ClN5/c1-14-25-15(2)27-23(26-14)29-11-10-18-19-13-17(24)8-9-20(19)28-22(18)21(29)12-16-6-4-3-5-7-16/h8-9,13,16,21,28H,3-7,10-12H2,1-2H3. The molecule has 5 nitrogen and oxygen atoms in total. The van der Waals surface area contributed by atoms with Gasteiger partial charge in [-0.2, -0.15) is 9.97 Å². The van der Waals surface area contributed by atoms with Crippen molar-refractivity contribution in [1.82, 2.24) is 19.9 Å². The van der Waals surface area contributed by atoms with Crippen LogP contribution in [0.4, 0.5) is 5.95 Å². The molecule has 1 unspecified atom stereocenters. The molecule has 0 bridgehead atoms. The minimum Gasteiger partial charge on any atom is -0.356 e. The molecule has 3 heterocycles. The van der Waals surface area contributed by atoms with E-state index in [9.17, 15) is 0 Å². The molecule has 152 valence electrons. The minimum absolute atomic E-state index is 0.272. The van der Waals surface area contributed by atoms with E-state index in [0.717, 1.165) is 47.9 Å². The summed E-state index contributed by atoms with van der Waals surface area (Å²) < 4.78 is 0. The Balaban J connectivity index is 1.59. The summed E-state index contributed by atoms with van der Waals surface area (Å²) in [6.45, 7) is 4.83. The number of aromatic amines is 1. The molecule has 5 rings (SSSR count). The van der Waals surface area contributed by atoms with E-state index in [1.807, 2.05) is 19.9 Å². The van der Waals surface area contributed by atoms with Gasteiger partial charge in [-0.25, -0.2) is 4.98 Å². The van der Waals surface area contributed by atoms with Crippen LogP contribution in [0.15, 0.2) is 18.2 Å². The maximum Gasteiger partial charge on any atom is 0.229 e. The van der Waals surface area contributed by atoms with Gasteiger partial charge in [-0.1, -0.05) is 43.7 Å². The minimum atomic E-state index is 0.272. The highest BCUT2D eigenvalue weighted by Crippen LogP contribution is 2.42. The van der Waals surface area contributed by atoms with Crippen LogP contribution in [0.2, 0.25) is 5.02 Å². The fraction of sp³-hybridized carbons (Fsp3) is 0.522. The summed E-state index contributed by atoms with van der Waals surface area (Å²) in [6.07, 6.45) is 8.89. The average Bonchev–Trinajstić information content (AvgIpc) is 3.06. The normalized spacial score (nSPS) is 20.2. The molecule has 1 aromatic carbocycles. The molecule has 2 aromatic heterocycles. The van der Waals surface area contributed by atoms with Crippen LogP contribution in [0, 0.1) is 19.8 Å². The van der Waals surface area contributed by atoms with E-state index in [1.54, 1.807) is 0 Å². The largest absolute Gasteiger partial charge is 0.356 e. The Hall–Kier alpha value is -2.14. The van der Waals surface area contributed by atoms with Crippen molar-refractivity contribution in [2.45, 2.75) is 64.8 Å². The summed E-state index contributed by atoms with van der Waals surface area (Å²) in [6, 6.07) is 6.46. The molecule has 0 amide bonds. The zero-order valence-electron chi connectivity index (χ0n) is 17.2. The number of hydrogen-bond donors (Lipinski definition) is 1. The van der Waals surface area contributed by atoms with Crippen LogP contribution in [0.5, 0.6) is 0 Å². The molecule has 0 spiro atoms. The summed E-state index contributed by atoms with van der Waals surface area (Å²) >= 11 is 6.32. The quantitative estimate of drug-likeness (QED) is 0.603. The third kappa shape index (κ3) is 3.61. The maximum absolute atomic E-state index is 6.32. The third-order valence-electron chi connectivity index (χ3n) is 6.60. The number of benzene rings is 1. The molecular formula is C23H28ClN5. The topological polar surface area (TPSA) is 57.7 Å². The van der Waals surface area contributed by atoms with Crippen molar-refractivity contribution < 1.29 is 0 Å². The molecule has 1 N–H and O–H groups in total. The molecule has 1 aliphatic carbocycles. The molecule has 1 saturated carbocycles. The number of H-pyrrole nitrogens is 1. The molecule has 2 aliphatic rings. The van der Waals surface area contributed by atoms with Gasteiger partial charge < -0.3 is 9.88 Å². The van der Waals surface area contributed by atoms with Crippen LogP contribution < -0.4 is 4.90 Å². The number of halogens is 1. The van der Waals surface area contributed by atoms with E-state index in [1.165, 1.54) is 54.3 Å². The lowest BCUT2D eigenvalue weighted by Crippen LogP contribution is -2.38. The van der Waals surface area contributed by atoms with Crippen LogP contribution in [0.3, 0.4) is 0 Å². The fourth-order valence-electron chi connectivity index (χ4n) is 5.29. The van der Waals surface area contributed by atoms with Gasteiger partial charge in [0.1, 0.15) is 11.6 Å². The van der Waals surface area contributed by atoms with Crippen molar-refractivity contribution in [2.75, 3.05) is 11.4 Å². The Morgan fingerprint density at radius 3 is 2.59 bits per heavy atom. The predicted octanol–water partition coefficient (Wildman–Crippen LogP) is 5.70. The van der Waals surface area contributed by atoms with Crippen molar-refractivity contribution in [1.29, 1.82) is 0 Å². The first-order chi connectivity index (χ1) is 14.1. The molecule has 0 radical (unpaired) electrons. The first-order valence-corrected chi connectivity index (χ1v) is 11.2. The van der Waals surface area contributed by atoms with Crippen LogP contribution in [0.25, 0.3) is 10.9 Å². The van der Waals surface area contributed by atoms with Gasteiger partial charge in [0, 0.05) is 28.2 Å². The lowest BCUT2D eigenvalue weighted by Gasteiger charge is -2.38. The second-order valence-corrected chi connectivity index (χ2v) is 9.07. The second kappa shape index (κ2) is 7.60. The summed E-state index contributed by atoms with van der Waals surface area (Å²) in [5, 5.41) is 2.07. The lowest BCUT2D eigenvalue weighted by molar-refractivity contribution is 0.307. The number of fused-ring (bicyclic) bond motifs is 3. The molecule has 3 aromatic rings. The Morgan fingerprint density at radius 1 is 1.07 bits per heavy atom. The number of aryl methyl sites for hydroxylation is 2. The first-order valence-electron chi connectivity index (χ1n) is 10.8. The van der Waals surface area contributed by atoms with Crippen molar-refractivity contribution in [3.05, 3.63) is 46.1 Å². The Kier molecular flexibility index (Phi) is 4.94. The maximum atomic E-state index is 6.32. The van der Waals surface area contributed by atoms with Gasteiger partial charge in [0.25, 0.3) is 0 Å². The summed E-state index contributed by atoms with van der Waals surface area (Å²) in [4.78, 5) is 20.0. The lowest BCUT2D eigenvalue weighted by atomic mass is 9.82. The Labute approximate surface area is 176 Å². The van der Waals surface area contributed by atoms with Gasteiger partial charge in [-0.05, 0) is 56.4 Å². The van der Waals surface area contributed by atoms with Gasteiger partial charge in [-0.3, -0.25) is 0 Å². The van der Waals surface area contributed by atoms with Crippen molar-refractivity contribution in [2.24, 2.45) is 5.92 Å². The Morgan fingerprint density at radius 2 is 1.83 bits per heavy atom. The van der Waals surface area contributed by atoms with E-state index in [2.05, 4.69) is 27.0 Å². The number of rotatable bonds is 3. The highest BCUT2D eigenvalue weighted by molar-refractivity contribution is 6.31. The predicted molar refractivity (Wildman–Crippen MR) is 118 cm³/mol. The molecule has 29 heavy (non-hydrogen) atoms. The van der Waals surface area contributed by atoms with Crippen molar-refractivity contribution >= 4 is 28.5 Å². The summed E-state index contributed by atoms with van der Waals surface area (Å²) in [5.41, 5.74) is 3.93. The van der Waals surface area contributed by atoms with Crippen LogP contribution >= 0.6 is 11.6 Å². The van der Waals surface area contributed by atoms with E-state index in [-0.39, 0.29) is 6.04 Å². The van der Waals surface area contributed by atoms with Crippen LogP contribution in [-0.4, -0.2) is 26.5 Å². The zero-order valence-corrected chi connectivity index (χ0v) is 18.0. The van der Waals surface area contributed by atoms with Crippen LogP contribution in [0.1, 0.15) is 67.5 Å². The number of nitrogens with one attached hydrogen (secondary N) is 1. The molecule has 6 heteroatoms. The SMILES string of the molecule is Cc1nc(C)nc(N2CCc3c([nH]c4ccc(Cl)cc34)C2CC2CCCCC2)n1. The highest BCUT2D eigenvalue weighted by Gasteiger charge is 2.34. The van der Waals surface area contributed by atoms with Gasteiger partial charge in [-0.15, -0.1) is 0 Å². The number of nitrogens with zero attached hydrogens (tertiary/aromatic N) is 4. The number of anilines is 1. The Bertz CT molecular complexity index is 1020. The number of hydrogen-bond acceptors (Lipinski definition) is 4. The average molecular weight is 410 g/mol. The van der Waals surface area contributed by atoms with Gasteiger partial charge in [0.05, 0.1) is 6.04 Å². The van der Waals surface area contributed by atoms with E-state index in [4.69, 9.17) is 21.6 Å². The van der Waals surface area contributed by atoms with E-state index >= 15 is 0 Å². The fourth-order valence-corrected chi connectivity index (χ4v) is 5.46. The molecule has 0 saturated heterocycles. The van der Waals surface area contributed by atoms with Crippen LogP contribution in [-0.2, 0) is 6.42 Å².